The first-order chi connectivity index (χ1) is 7.31. The van der Waals surface area contributed by atoms with Crippen LogP contribution >= 0.6 is 27.7 Å². The van der Waals surface area contributed by atoms with E-state index in [1.165, 1.54) is 41.4 Å². The third kappa shape index (κ3) is 2.70. The number of alkyl halides is 1. The van der Waals surface area contributed by atoms with Gasteiger partial charge in [0, 0.05) is 35.6 Å². The lowest BCUT2D eigenvalue weighted by Gasteiger charge is -2.30. The molecule has 2 rings (SSSR count). The molecule has 0 N–H and O–H groups in total. The minimum absolute atomic E-state index is 0.952. The van der Waals surface area contributed by atoms with Crippen molar-refractivity contribution in [2.24, 2.45) is 0 Å². The molecule has 1 aliphatic heterocycles. The number of halogens is 1. The van der Waals surface area contributed by atoms with Crippen LogP contribution in [-0.4, -0.2) is 24.6 Å². The van der Waals surface area contributed by atoms with E-state index in [-0.39, 0.29) is 0 Å². The summed E-state index contributed by atoms with van der Waals surface area (Å²) in [4.78, 5) is 2.51. The van der Waals surface area contributed by atoms with Crippen molar-refractivity contribution in [3.8, 4) is 0 Å². The topological polar surface area (TPSA) is 3.24 Å². The Morgan fingerprint density at radius 1 is 1.33 bits per heavy atom. The number of benzene rings is 1. The highest BCUT2D eigenvalue weighted by Gasteiger charge is 2.13. The number of hydrogen-bond acceptors (Lipinski definition) is 2. The molecule has 0 saturated carbocycles. The molecular weight excluding hydrogens is 270 g/mol. The number of thioether (sulfide) groups is 1. The summed E-state index contributed by atoms with van der Waals surface area (Å²) in [6.07, 6.45) is 0. The molecule has 0 bridgehead atoms. The Morgan fingerprint density at radius 3 is 2.73 bits per heavy atom. The van der Waals surface area contributed by atoms with E-state index in [1.807, 2.05) is 0 Å². The van der Waals surface area contributed by atoms with E-state index in [0.29, 0.717) is 0 Å². The van der Waals surface area contributed by atoms with Crippen molar-refractivity contribution < 1.29 is 0 Å². The lowest BCUT2D eigenvalue weighted by Crippen LogP contribution is -2.33. The fraction of sp³-hybridized carbons (Fsp3) is 0.500. The molecule has 0 amide bonds. The minimum atomic E-state index is 0.952. The van der Waals surface area contributed by atoms with E-state index < -0.39 is 0 Å². The molecule has 1 saturated heterocycles. The third-order valence-corrected chi connectivity index (χ3v) is 4.28. The van der Waals surface area contributed by atoms with Gasteiger partial charge < -0.3 is 4.90 Å². The average molecular weight is 286 g/mol. The number of hydrogen-bond donors (Lipinski definition) is 0. The van der Waals surface area contributed by atoms with Crippen LogP contribution in [0.3, 0.4) is 0 Å². The predicted molar refractivity (Wildman–Crippen MR) is 73.3 cm³/mol. The molecule has 82 valence electrons. The average Bonchev–Trinajstić information content (AvgIpc) is 2.30. The van der Waals surface area contributed by atoms with Crippen LogP contribution in [0, 0.1) is 6.92 Å². The molecule has 1 nitrogen and oxygen atoms in total. The van der Waals surface area contributed by atoms with Crippen molar-refractivity contribution >= 4 is 33.4 Å². The summed E-state index contributed by atoms with van der Waals surface area (Å²) in [5.41, 5.74) is 4.18. The van der Waals surface area contributed by atoms with Gasteiger partial charge in [0.1, 0.15) is 0 Å². The van der Waals surface area contributed by atoms with Gasteiger partial charge in [0.25, 0.3) is 0 Å². The molecule has 15 heavy (non-hydrogen) atoms. The molecule has 0 atom stereocenters. The van der Waals surface area contributed by atoms with Crippen molar-refractivity contribution in [2.45, 2.75) is 12.3 Å². The van der Waals surface area contributed by atoms with Crippen LogP contribution < -0.4 is 4.90 Å². The normalized spacial score (nSPS) is 16.8. The molecule has 0 radical (unpaired) electrons. The van der Waals surface area contributed by atoms with Gasteiger partial charge >= 0.3 is 0 Å². The van der Waals surface area contributed by atoms with Crippen LogP contribution in [-0.2, 0) is 5.33 Å². The monoisotopic (exact) mass is 285 g/mol. The van der Waals surface area contributed by atoms with E-state index in [2.05, 4.69) is 57.7 Å². The smallest absolute Gasteiger partial charge is 0.0408 e. The first-order valence-corrected chi connectivity index (χ1v) is 7.57. The van der Waals surface area contributed by atoms with Gasteiger partial charge in [-0.3, -0.25) is 0 Å². The van der Waals surface area contributed by atoms with Gasteiger partial charge in [0.05, 0.1) is 0 Å². The molecule has 0 aliphatic carbocycles. The van der Waals surface area contributed by atoms with E-state index >= 15 is 0 Å². The highest BCUT2D eigenvalue weighted by atomic mass is 79.9. The first-order valence-electron chi connectivity index (χ1n) is 5.29. The maximum Gasteiger partial charge on any atom is 0.0408 e. The summed E-state index contributed by atoms with van der Waals surface area (Å²) in [7, 11) is 0. The van der Waals surface area contributed by atoms with E-state index in [1.54, 1.807) is 0 Å². The van der Waals surface area contributed by atoms with E-state index in [0.717, 1.165) is 5.33 Å². The highest BCUT2D eigenvalue weighted by Crippen LogP contribution is 2.26. The first kappa shape index (κ1) is 11.3. The second-order valence-electron chi connectivity index (χ2n) is 3.87. The lowest BCUT2D eigenvalue weighted by molar-refractivity contribution is 0.853. The summed E-state index contributed by atoms with van der Waals surface area (Å²) in [5, 5.41) is 0.952. The summed E-state index contributed by atoms with van der Waals surface area (Å²) in [6, 6.07) is 6.76. The Morgan fingerprint density at radius 2 is 2.07 bits per heavy atom. The maximum atomic E-state index is 3.58. The summed E-state index contributed by atoms with van der Waals surface area (Å²) in [6.45, 7) is 4.53. The lowest BCUT2D eigenvalue weighted by atomic mass is 10.1. The number of nitrogens with zero attached hydrogens (tertiary/aromatic N) is 1. The zero-order valence-corrected chi connectivity index (χ0v) is 11.4. The van der Waals surface area contributed by atoms with Gasteiger partial charge in [-0.2, -0.15) is 11.8 Å². The second kappa shape index (κ2) is 5.26. The number of rotatable bonds is 2. The Bertz CT molecular complexity index is 334. The Balaban J connectivity index is 2.25. The van der Waals surface area contributed by atoms with E-state index in [9.17, 15) is 0 Å². The molecule has 1 fully saturated rings. The molecule has 0 unspecified atom stereocenters. The minimum Gasteiger partial charge on any atom is -0.370 e. The van der Waals surface area contributed by atoms with Crippen molar-refractivity contribution in [1.29, 1.82) is 0 Å². The van der Waals surface area contributed by atoms with Crippen LogP contribution in [0.4, 0.5) is 5.69 Å². The zero-order chi connectivity index (χ0) is 10.7. The largest absolute Gasteiger partial charge is 0.370 e. The van der Waals surface area contributed by atoms with Crippen LogP contribution in [0.2, 0.25) is 0 Å². The molecule has 1 aliphatic rings. The predicted octanol–water partition coefficient (Wildman–Crippen LogP) is 3.44. The second-order valence-corrected chi connectivity index (χ2v) is 5.65. The summed E-state index contributed by atoms with van der Waals surface area (Å²) < 4.78 is 0. The standard InChI is InChI=1S/C12H16BrNS/c1-10-2-3-12(11(8-10)9-13)14-4-6-15-7-5-14/h2-3,8H,4-7,9H2,1H3. The Kier molecular flexibility index (Phi) is 3.98. The van der Waals surface area contributed by atoms with Crippen molar-refractivity contribution in [3.05, 3.63) is 29.3 Å². The summed E-state index contributed by atoms with van der Waals surface area (Å²) >= 11 is 5.63. The van der Waals surface area contributed by atoms with Crippen LogP contribution in [0.15, 0.2) is 18.2 Å². The van der Waals surface area contributed by atoms with Crippen LogP contribution in [0.5, 0.6) is 0 Å². The van der Waals surface area contributed by atoms with Gasteiger partial charge in [0.2, 0.25) is 0 Å². The third-order valence-electron chi connectivity index (χ3n) is 2.73. The van der Waals surface area contributed by atoms with Crippen molar-refractivity contribution in [1.82, 2.24) is 0 Å². The van der Waals surface area contributed by atoms with Crippen LogP contribution in [0.25, 0.3) is 0 Å². The molecule has 1 heterocycles. The molecular formula is C12H16BrNS. The van der Waals surface area contributed by atoms with Gasteiger partial charge in [-0.25, -0.2) is 0 Å². The fourth-order valence-corrected chi connectivity index (χ4v) is 3.29. The van der Waals surface area contributed by atoms with Gasteiger partial charge in [-0.15, -0.1) is 0 Å². The molecule has 3 heteroatoms. The Hall–Kier alpha value is -0.150. The fourth-order valence-electron chi connectivity index (χ4n) is 1.93. The van der Waals surface area contributed by atoms with Gasteiger partial charge in [0.15, 0.2) is 0 Å². The van der Waals surface area contributed by atoms with Crippen LogP contribution in [0.1, 0.15) is 11.1 Å². The number of anilines is 1. The van der Waals surface area contributed by atoms with Crippen molar-refractivity contribution in [2.75, 3.05) is 29.5 Å². The van der Waals surface area contributed by atoms with Crippen molar-refractivity contribution in [3.63, 3.8) is 0 Å². The van der Waals surface area contributed by atoms with E-state index in [4.69, 9.17) is 0 Å². The molecule has 0 aromatic heterocycles. The van der Waals surface area contributed by atoms with Gasteiger partial charge in [-0.05, 0) is 18.6 Å². The molecule has 1 aromatic carbocycles. The quantitative estimate of drug-likeness (QED) is 0.766. The Labute approximate surface area is 104 Å². The molecule has 1 aromatic rings. The maximum absolute atomic E-state index is 3.58. The number of aryl methyl sites for hydroxylation is 1. The zero-order valence-electron chi connectivity index (χ0n) is 9.00. The highest BCUT2D eigenvalue weighted by molar-refractivity contribution is 9.08. The molecule has 0 spiro atoms. The SMILES string of the molecule is Cc1ccc(N2CCSCC2)c(CBr)c1. The summed E-state index contributed by atoms with van der Waals surface area (Å²) in [5.74, 6) is 2.52. The van der Waals surface area contributed by atoms with Gasteiger partial charge in [-0.1, -0.05) is 33.6 Å².